The lowest BCUT2D eigenvalue weighted by atomic mass is 9.75. The summed E-state index contributed by atoms with van der Waals surface area (Å²) in [5.41, 5.74) is 5.12. The lowest BCUT2D eigenvalue weighted by Crippen LogP contribution is -2.49. The second-order valence-electron chi connectivity index (χ2n) is 10.3. The zero-order valence-corrected chi connectivity index (χ0v) is 23.7. The first-order valence-electron chi connectivity index (χ1n) is 13.4. The van der Waals surface area contributed by atoms with Crippen LogP contribution in [0.2, 0.25) is 0 Å². The Balaban J connectivity index is 2.03. The Morgan fingerprint density at radius 2 is 1.86 bits per heavy atom. The Morgan fingerprint density at radius 3 is 2.54 bits per heavy atom. The maximum atomic E-state index is 6.15. The molecule has 0 saturated carbocycles. The standard InChI is InChI=1S/C31H45NO5/c1-9-11-14-35-21-31(5,6)30-18-24-17-29(37-15-12-13-33-7)28(34-8)19-25(24)27-16-22(3)26(20-32(27)30)23(4)36-10-2/h16-17,19-20,30H,3-4,9-15,18,21H2,1-2,5-8H3. The molecular formula is C31H45NO5. The Labute approximate surface area is 223 Å². The van der Waals surface area contributed by atoms with Gasteiger partial charge in [-0.1, -0.05) is 40.3 Å². The Morgan fingerprint density at radius 1 is 1.08 bits per heavy atom. The Bertz CT molecular complexity index is 1020. The van der Waals surface area contributed by atoms with Crippen molar-refractivity contribution in [3.63, 3.8) is 0 Å². The van der Waals surface area contributed by atoms with Crippen molar-refractivity contribution in [2.24, 2.45) is 5.41 Å². The highest BCUT2D eigenvalue weighted by molar-refractivity contribution is 5.78. The molecule has 204 valence electrons. The summed E-state index contributed by atoms with van der Waals surface area (Å²) in [4.78, 5) is 2.36. The van der Waals surface area contributed by atoms with Crippen molar-refractivity contribution in [1.82, 2.24) is 4.90 Å². The third-order valence-electron chi connectivity index (χ3n) is 7.01. The van der Waals surface area contributed by atoms with Crippen molar-refractivity contribution in [2.45, 2.75) is 59.4 Å². The van der Waals surface area contributed by atoms with Gasteiger partial charge in [-0.3, -0.25) is 0 Å². The molecule has 0 aromatic heterocycles. The van der Waals surface area contributed by atoms with Gasteiger partial charge in [0.2, 0.25) is 0 Å². The van der Waals surface area contributed by atoms with Gasteiger partial charge in [-0.2, -0.15) is 0 Å². The van der Waals surface area contributed by atoms with Crippen molar-refractivity contribution < 1.29 is 23.7 Å². The number of fused-ring (bicyclic) bond motifs is 3. The Kier molecular flexibility index (Phi) is 10.3. The van der Waals surface area contributed by atoms with Crippen LogP contribution in [0.4, 0.5) is 0 Å². The summed E-state index contributed by atoms with van der Waals surface area (Å²) in [6.45, 7) is 20.5. The van der Waals surface area contributed by atoms with Crippen molar-refractivity contribution >= 4 is 5.70 Å². The second-order valence-corrected chi connectivity index (χ2v) is 10.3. The zero-order chi connectivity index (χ0) is 27.0. The summed E-state index contributed by atoms with van der Waals surface area (Å²) < 4.78 is 29.0. The highest BCUT2D eigenvalue weighted by atomic mass is 16.5. The number of ether oxygens (including phenoxy) is 5. The third kappa shape index (κ3) is 6.79. The molecular weight excluding hydrogens is 466 g/mol. The first kappa shape index (κ1) is 28.9. The maximum absolute atomic E-state index is 6.15. The quantitative estimate of drug-likeness (QED) is 0.197. The second kappa shape index (κ2) is 13.2. The van der Waals surface area contributed by atoms with Crippen LogP contribution >= 0.6 is 0 Å². The van der Waals surface area contributed by atoms with Crippen LogP contribution in [0.25, 0.3) is 5.70 Å². The van der Waals surface area contributed by atoms with E-state index in [-0.39, 0.29) is 11.5 Å². The SMILES string of the molecule is C=C1C=C2c3cc(OC)c(OCCCOC)cc3CC(C(C)(C)COCCCC)N2C=C1C(=C)OCC. The van der Waals surface area contributed by atoms with E-state index in [0.717, 1.165) is 66.2 Å². The van der Waals surface area contributed by atoms with Crippen molar-refractivity contribution in [3.05, 3.63) is 65.6 Å². The first-order valence-corrected chi connectivity index (χ1v) is 13.4. The lowest BCUT2D eigenvalue weighted by molar-refractivity contribution is 0.0224. The third-order valence-corrected chi connectivity index (χ3v) is 7.01. The van der Waals surface area contributed by atoms with Crippen LogP contribution in [0, 0.1) is 5.41 Å². The Hall–Kier alpha value is -2.70. The van der Waals surface area contributed by atoms with Crippen LogP contribution in [-0.2, 0) is 20.6 Å². The van der Waals surface area contributed by atoms with E-state index in [9.17, 15) is 0 Å². The van der Waals surface area contributed by atoms with Gasteiger partial charge in [0.05, 0.1) is 26.9 Å². The van der Waals surface area contributed by atoms with E-state index in [0.29, 0.717) is 32.2 Å². The van der Waals surface area contributed by atoms with E-state index < -0.39 is 0 Å². The molecule has 0 amide bonds. The van der Waals surface area contributed by atoms with E-state index in [1.165, 1.54) is 5.56 Å². The van der Waals surface area contributed by atoms with Crippen LogP contribution in [0.3, 0.4) is 0 Å². The molecule has 1 aromatic carbocycles. The summed E-state index contributed by atoms with van der Waals surface area (Å²) in [5, 5.41) is 0. The van der Waals surface area contributed by atoms with Crippen molar-refractivity contribution in [1.29, 1.82) is 0 Å². The highest BCUT2D eigenvalue weighted by Gasteiger charge is 2.41. The fourth-order valence-corrected chi connectivity index (χ4v) is 4.89. The molecule has 1 unspecified atom stereocenters. The van der Waals surface area contributed by atoms with Crippen LogP contribution in [0.15, 0.2) is 54.5 Å². The fraction of sp³-hybridized carbons (Fsp3) is 0.548. The summed E-state index contributed by atoms with van der Waals surface area (Å²) in [5.74, 6) is 2.12. The number of methoxy groups -OCH3 is 2. The van der Waals surface area contributed by atoms with Crippen LogP contribution in [0.1, 0.15) is 58.1 Å². The van der Waals surface area contributed by atoms with Gasteiger partial charge in [0.15, 0.2) is 11.5 Å². The number of nitrogens with zero attached hydrogens (tertiary/aromatic N) is 1. The van der Waals surface area contributed by atoms with Gasteiger partial charge >= 0.3 is 0 Å². The zero-order valence-electron chi connectivity index (χ0n) is 23.7. The molecule has 0 N–H and O–H groups in total. The predicted molar refractivity (Wildman–Crippen MR) is 150 cm³/mol. The number of unbranched alkanes of at least 4 members (excludes halogenated alkanes) is 1. The molecule has 37 heavy (non-hydrogen) atoms. The first-order chi connectivity index (χ1) is 17.8. The average molecular weight is 512 g/mol. The molecule has 2 aliphatic heterocycles. The molecule has 1 atom stereocenters. The van der Waals surface area contributed by atoms with Crippen LogP contribution in [0.5, 0.6) is 11.5 Å². The topological polar surface area (TPSA) is 49.4 Å². The minimum atomic E-state index is -0.128. The average Bonchev–Trinajstić information content (AvgIpc) is 2.88. The van der Waals surface area contributed by atoms with E-state index in [1.807, 2.05) is 6.92 Å². The predicted octanol–water partition coefficient (Wildman–Crippen LogP) is 6.52. The lowest BCUT2D eigenvalue weighted by Gasteiger charge is -2.48. The molecule has 0 aliphatic carbocycles. The molecule has 0 bridgehead atoms. The van der Waals surface area contributed by atoms with Gasteiger partial charge < -0.3 is 28.6 Å². The molecule has 6 nitrogen and oxygen atoms in total. The number of hydrogen-bond acceptors (Lipinski definition) is 6. The molecule has 3 rings (SSSR count). The molecule has 0 spiro atoms. The molecule has 0 saturated heterocycles. The molecule has 6 heteroatoms. The van der Waals surface area contributed by atoms with Gasteiger partial charge in [0, 0.05) is 61.2 Å². The minimum Gasteiger partial charge on any atom is -0.494 e. The van der Waals surface area contributed by atoms with Gasteiger partial charge in [0.1, 0.15) is 5.76 Å². The number of hydrogen-bond donors (Lipinski definition) is 0. The molecule has 2 aliphatic rings. The number of allylic oxidation sites excluding steroid dienone is 2. The molecule has 0 fully saturated rings. The summed E-state index contributed by atoms with van der Waals surface area (Å²) in [6.07, 6.45) is 8.14. The monoisotopic (exact) mass is 511 g/mol. The van der Waals surface area contributed by atoms with E-state index >= 15 is 0 Å². The largest absolute Gasteiger partial charge is 0.494 e. The molecule has 2 heterocycles. The molecule has 1 aromatic rings. The summed E-state index contributed by atoms with van der Waals surface area (Å²) in [6, 6.07) is 4.38. The van der Waals surface area contributed by atoms with Crippen molar-refractivity contribution in [3.8, 4) is 11.5 Å². The number of rotatable bonds is 15. The van der Waals surface area contributed by atoms with Gasteiger partial charge in [0.25, 0.3) is 0 Å². The van der Waals surface area contributed by atoms with Gasteiger partial charge in [-0.15, -0.1) is 0 Å². The smallest absolute Gasteiger partial charge is 0.161 e. The number of benzene rings is 1. The van der Waals surface area contributed by atoms with Crippen molar-refractivity contribution in [2.75, 3.05) is 47.3 Å². The van der Waals surface area contributed by atoms with E-state index in [1.54, 1.807) is 14.2 Å². The summed E-state index contributed by atoms with van der Waals surface area (Å²) >= 11 is 0. The van der Waals surface area contributed by atoms with E-state index in [2.05, 4.69) is 63.2 Å². The summed E-state index contributed by atoms with van der Waals surface area (Å²) in [7, 11) is 3.39. The normalized spacial score (nSPS) is 17.0. The van der Waals surface area contributed by atoms with E-state index in [4.69, 9.17) is 23.7 Å². The van der Waals surface area contributed by atoms with Gasteiger partial charge in [-0.05, 0) is 49.1 Å². The van der Waals surface area contributed by atoms with Crippen LogP contribution < -0.4 is 9.47 Å². The fourth-order valence-electron chi connectivity index (χ4n) is 4.89. The van der Waals surface area contributed by atoms with Gasteiger partial charge in [-0.25, -0.2) is 0 Å². The highest BCUT2D eigenvalue weighted by Crippen LogP contribution is 2.46. The maximum Gasteiger partial charge on any atom is 0.161 e. The minimum absolute atomic E-state index is 0.128. The molecule has 0 radical (unpaired) electrons. The van der Waals surface area contributed by atoms with Crippen LogP contribution in [-0.4, -0.2) is 58.2 Å².